The third-order valence-corrected chi connectivity index (χ3v) is 4.33. The van der Waals surface area contributed by atoms with E-state index in [4.69, 9.17) is 0 Å². The molecule has 2 aliphatic rings. The zero-order valence-corrected chi connectivity index (χ0v) is 8.55. The molecule has 0 spiro atoms. The van der Waals surface area contributed by atoms with Crippen molar-refractivity contribution in [3.05, 3.63) is 0 Å². The van der Waals surface area contributed by atoms with Crippen molar-refractivity contribution in [2.75, 3.05) is 0 Å². The molecule has 0 amide bonds. The average Bonchev–Trinajstić information content (AvgIpc) is 2.04. The fraction of sp³-hybridized carbons (Fsp3) is 1.00. The highest BCUT2D eigenvalue weighted by atomic mass is 14.4. The van der Waals surface area contributed by atoms with Gasteiger partial charge in [0.1, 0.15) is 0 Å². The van der Waals surface area contributed by atoms with Crippen molar-refractivity contribution in [1.29, 1.82) is 0 Å². The van der Waals surface area contributed by atoms with Gasteiger partial charge in [-0.3, -0.25) is 0 Å². The first-order valence-corrected chi connectivity index (χ1v) is 5.79. The Morgan fingerprint density at radius 2 is 1.33 bits per heavy atom. The Balaban J connectivity index is 0.000000845. The zero-order valence-electron chi connectivity index (χ0n) is 8.55. The summed E-state index contributed by atoms with van der Waals surface area (Å²) >= 11 is 0. The summed E-state index contributed by atoms with van der Waals surface area (Å²) in [5, 5.41) is 0. The molecule has 2 fully saturated rings. The first-order chi connectivity index (χ1) is 5.79. The van der Waals surface area contributed by atoms with Crippen LogP contribution in [0.2, 0.25) is 0 Å². The highest BCUT2D eigenvalue weighted by Gasteiger charge is 2.36. The van der Waals surface area contributed by atoms with Crippen LogP contribution in [0.1, 0.15) is 55.2 Å². The summed E-state index contributed by atoms with van der Waals surface area (Å²) < 4.78 is 0. The molecule has 0 saturated heterocycles. The summed E-state index contributed by atoms with van der Waals surface area (Å²) in [5.74, 6) is 4.25. The Labute approximate surface area is 79.7 Å². The quantitative estimate of drug-likeness (QED) is 0.507. The minimum atomic E-state index is 0. The van der Waals surface area contributed by atoms with E-state index in [-0.39, 0.29) is 2.85 Å². The first-order valence-electron chi connectivity index (χ1n) is 5.79. The Morgan fingerprint density at radius 3 is 1.75 bits per heavy atom. The topological polar surface area (TPSA) is 0 Å². The van der Waals surface area contributed by atoms with E-state index in [1.165, 1.54) is 25.7 Å². The van der Waals surface area contributed by atoms with Crippen LogP contribution in [0.4, 0.5) is 0 Å². The van der Waals surface area contributed by atoms with E-state index in [1.807, 2.05) is 0 Å². The van der Waals surface area contributed by atoms with Gasteiger partial charge >= 0.3 is 0 Å². The predicted octanol–water partition coefficient (Wildman–Crippen LogP) is 4.35. The number of rotatable bonds is 0. The Kier molecular flexibility index (Phi) is 2.43. The normalized spacial score (nSPS) is 48.5. The van der Waals surface area contributed by atoms with E-state index in [2.05, 4.69) is 13.8 Å². The predicted molar refractivity (Wildman–Crippen MR) is 57.2 cm³/mol. The molecule has 0 aromatic rings. The molecular weight excluding hydrogens is 144 g/mol. The maximum absolute atomic E-state index is 2.48. The monoisotopic (exact) mass is 170 g/mol. The van der Waals surface area contributed by atoms with E-state index in [9.17, 15) is 0 Å². The molecule has 0 N–H and O–H groups in total. The molecule has 0 aliphatic heterocycles. The molecule has 0 heterocycles. The lowest BCUT2D eigenvalue weighted by atomic mass is 9.62. The standard InChI is InChI=1S/C12H22.2H2/c1-9-5-3-7-11-8-4-6-10(2)12(9)11;;/h9-12H,3-8H2,1-2H3;2*1H. The largest absolute Gasteiger partial charge is 0.0622 e. The third-order valence-electron chi connectivity index (χ3n) is 4.33. The molecule has 0 nitrogen and oxygen atoms in total. The molecule has 12 heavy (non-hydrogen) atoms. The minimum Gasteiger partial charge on any atom is -0.0622 e. The highest BCUT2D eigenvalue weighted by Crippen LogP contribution is 2.46. The van der Waals surface area contributed by atoms with Crippen LogP contribution >= 0.6 is 0 Å². The smallest absolute Gasteiger partial charge is 0 e. The minimum absolute atomic E-state index is 0. The van der Waals surface area contributed by atoms with Crippen LogP contribution in [0.15, 0.2) is 0 Å². The van der Waals surface area contributed by atoms with Crippen LogP contribution in [0, 0.1) is 23.7 Å². The van der Waals surface area contributed by atoms with Crippen LogP contribution in [-0.2, 0) is 0 Å². The van der Waals surface area contributed by atoms with Gasteiger partial charge in [0, 0.05) is 2.85 Å². The fourth-order valence-electron chi connectivity index (χ4n) is 3.81. The molecule has 2 aliphatic carbocycles. The van der Waals surface area contributed by atoms with E-state index in [1.54, 1.807) is 12.8 Å². The van der Waals surface area contributed by atoms with Crippen LogP contribution in [0.5, 0.6) is 0 Å². The summed E-state index contributed by atoms with van der Waals surface area (Å²) in [6, 6.07) is 0. The van der Waals surface area contributed by atoms with E-state index in [0.717, 1.165) is 23.7 Å². The third kappa shape index (κ3) is 1.41. The van der Waals surface area contributed by atoms with Gasteiger partial charge in [-0.1, -0.05) is 52.4 Å². The number of hydrogen-bond donors (Lipinski definition) is 0. The second-order valence-corrected chi connectivity index (χ2v) is 5.15. The van der Waals surface area contributed by atoms with Crippen molar-refractivity contribution < 1.29 is 2.85 Å². The summed E-state index contributed by atoms with van der Waals surface area (Å²) in [5.41, 5.74) is 0. The van der Waals surface area contributed by atoms with E-state index in [0.29, 0.717) is 0 Å². The lowest BCUT2D eigenvalue weighted by Gasteiger charge is -2.44. The lowest BCUT2D eigenvalue weighted by Crippen LogP contribution is -2.34. The van der Waals surface area contributed by atoms with Gasteiger partial charge in [-0.15, -0.1) is 0 Å². The molecular formula is C12H26. The van der Waals surface area contributed by atoms with Gasteiger partial charge in [-0.25, -0.2) is 0 Å². The first kappa shape index (κ1) is 8.59. The van der Waals surface area contributed by atoms with Crippen LogP contribution in [-0.4, -0.2) is 0 Å². The zero-order chi connectivity index (χ0) is 8.55. The molecule has 2 atom stereocenters. The van der Waals surface area contributed by atoms with Gasteiger partial charge < -0.3 is 0 Å². The summed E-state index contributed by atoms with van der Waals surface area (Å²) in [6.45, 7) is 4.97. The van der Waals surface area contributed by atoms with Gasteiger partial charge in [0.15, 0.2) is 0 Å². The maximum Gasteiger partial charge on any atom is 0 e. The van der Waals surface area contributed by atoms with Gasteiger partial charge in [-0.2, -0.15) is 0 Å². The molecule has 2 saturated carbocycles. The molecule has 0 heteroatoms. The second kappa shape index (κ2) is 3.40. The lowest BCUT2D eigenvalue weighted by molar-refractivity contribution is 0.0652. The van der Waals surface area contributed by atoms with Crippen LogP contribution in [0.3, 0.4) is 0 Å². The molecule has 74 valence electrons. The molecule has 0 radical (unpaired) electrons. The maximum atomic E-state index is 2.48. The van der Waals surface area contributed by atoms with Gasteiger partial charge in [0.05, 0.1) is 0 Å². The molecule has 0 aromatic carbocycles. The molecule has 2 unspecified atom stereocenters. The van der Waals surface area contributed by atoms with Crippen molar-refractivity contribution in [3.8, 4) is 0 Å². The second-order valence-electron chi connectivity index (χ2n) is 5.15. The summed E-state index contributed by atoms with van der Waals surface area (Å²) in [6.07, 6.45) is 9.11. The summed E-state index contributed by atoms with van der Waals surface area (Å²) in [7, 11) is 0. The molecule has 2 rings (SSSR count). The van der Waals surface area contributed by atoms with Crippen LogP contribution in [0.25, 0.3) is 0 Å². The summed E-state index contributed by atoms with van der Waals surface area (Å²) in [4.78, 5) is 0. The van der Waals surface area contributed by atoms with Crippen molar-refractivity contribution >= 4 is 0 Å². The number of fused-ring (bicyclic) bond motifs is 1. The van der Waals surface area contributed by atoms with Crippen molar-refractivity contribution in [2.45, 2.75) is 52.4 Å². The fourth-order valence-corrected chi connectivity index (χ4v) is 3.81. The number of hydrogen-bond acceptors (Lipinski definition) is 0. The van der Waals surface area contributed by atoms with Crippen molar-refractivity contribution in [1.82, 2.24) is 0 Å². The van der Waals surface area contributed by atoms with Gasteiger partial charge in [0.2, 0.25) is 0 Å². The van der Waals surface area contributed by atoms with Gasteiger partial charge in [0.25, 0.3) is 0 Å². The van der Waals surface area contributed by atoms with E-state index >= 15 is 0 Å². The van der Waals surface area contributed by atoms with Crippen molar-refractivity contribution in [3.63, 3.8) is 0 Å². The Bertz CT molecular complexity index is 142. The SMILES string of the molecule is CC1CCCC2CCCC(C)C12.[HH].[HH]. The Hall–Kier alpha value is 0. The van der Waals surface area contributed by atoms with E-state index < -0.39 is 0 Å². The van der Waals surface area contributed by atoms with Crippen molar-refractivity contribution in [2.24, 2.45) is 23.7 Å². The van der Waals surface area contributed by atoms with Gasteiger partial charge in [-0.05, 0) is 23.7 Å². The van der Waals surface area contributed by atoms with Crippen LogP contribution < -0.4 is 0 Å². The molecule has 0 aromatic heterocycles. The average molecular weight is 170 g/mol. The molecule has 0 bridgehead atoms. The highest BCUT2D eigenvalue weighted by molar-refractivity contribution is 4.86. The Morgan fingerprint density at radius 1 is 0.833 bits per heavy atom.